The second kappa shape index (κ2) is 5.89. The Labute approximate surface area is 113 Å². The van der Waals surface area contributed by atoms with Gasteiger partial charge in [-0.3, -0.25) is 4.79 Å². The fourth-order valence-electron chi connectivity index (χ4n) is 1.71. The Morgan fingerprint density at radius 1 is 1.32 bits per heavy atom. The van der Waals surface area contributed by atoms with Gasteiger partial charge in [0.25, 0.3) is 0 Å². The number of amides is 1. The molecule has 0 heterocycles. The van der Waals surface area contributed by atoms with Crippen LogP contribution >= 0.6 is 12.0 Å². The van der Waals surface area contributed by atoms with Gasteiger partial charge in [0.15, 0.2) is 0 Å². The van der Waals surface area contributed by atoms with Crippen molar-refractivity contribution in [2.45, 2.75) is 11.8 Å². The molecule has 0 aliphatic rings. The van der Waals surface area contributed by atoms with Gasteiger partial charge in [0, 0.05) is 22.9 Å². The van der Waals surface area contributed by atoms with Crippen molar-refractivity contribution in [1.29, 1.82) is 0 Å². The molecule has 2 rings (SSSR count). The molecule has 100 valence electrons. The Hall–Kier alpha value is -1.80. The van der Waals surface area contributed by atoms with Crippen LogP contribution in [-0.2, 0) is 14.2 Å². The zero-order valence-corrected chi connectivity index (χ0v) is 10.7. The van der Waals surface area contributed by atoms with Gasteiger partial charge < -0.3 is 10.4 Å². The molecule has 0 saturated carbocycles. The summed E-state index contributed by atoms with van der Waals surface area (Å²) in [7, 11) is 0. The highest BCUT2D eigenvalue weighted by atomic mass is 32.2. The standard InChI is InChI=1S/C12H11NO5S/c1-7(14)13-9-2-3-11-8(4-9)5-10(6-12(11)15)19-18-17-16/h2-6,15-16H,1H3,(H,13,14). The van der Waals surface area contributed by atoms with E-state index in [-0.39, 0.29) is 11.7 Å². The number of carbonyl (C=O) groups is 1. The van der Waals surface area contributed by atoms with Gasteiger partial charge >= 0.3 is 0 Å². The van der Waals surface area contributed by atoms with Crippen molar-refractivity contribution in [3.8, 4) is 5.75 Å². The fourth-order valence-corrected chi connectivity index (χ4v) is 2.15. The zero-order chi connectivity index (χ0) is 13.8. The lowest BCUT2D eigenvalue weighted by molar-refractivity contribution is -0.432. The van der Waals surface area contributed by atoms with Gasteiger partial charge in [-0.05, 0) is 35.7 Å². The molecule has 0 aliphatic carbocycles. The Kier molecular flexibility index (Phi) is 4.23. The summed E-state index contributed by atoms with van der Waals surface area (Å²) in [5.74, 6) is -0.109. The molecule has 1 amide bonds. The molecule has 0 atom stereocenters. The van der Waals surface area contributed by atoms with Crippen molar-refractivity contribution in [3.05, 3.63) is 30.3 Å². The summed E-state index contributed by atoms with van der Waals surface area (Å²) >= 11 is 0.750. The molecule has 0 fully saturated rings. The van der Waals surface area contributed by atoms with Gasteiger partial charge in [-0.15, -0.1) is 4.33 Å². The summed E-state index contributed by atoms with van der Waals surface area (Å²) in [6, 6.07) is 8.33. The number of rotatable bonds is 4. The quantitative estimate of drug-likeness (QED) is 0.453. The zero-order valence-electron chi connectivity index (χ0n) is 9.91. The van der Waals surface area contributed by atoms with Gasteiger partial charge in [0.1, 0.15) is 5.75 Å². The molecule has 0 unspecified atom stereocenters. The first kappa shape index (κ1) is 13.6. The lowest BCUT2D eigenvalue weighted by Gasteiger charge is -2.07. The number of nitrogens with one attached hydrogen (secondary N) is 1. The van der Waals surface area contributed by atoms with Gasteiger partial charge in [0.05, 0.1) is 12.0 Å². The molecule has 0 radical (unpaired) electrons. The van der Waals surface area contributed by atoms with E-state index in [1.165, 1.54) is 13.0 Å². The first-order valence-electron chi connectivity index (χ1n) is 5.29. The molecule has 19 heavy (non-hydrogen) atoms. The smallest absolute Gasteiger partial charge is 0.221 e. The number of anilines is 1. The average Bonchev–Trinajstić information content (AvgIpc) is 2.35. The molecule has 7 heteroatoms. The maximum atomic E-state index is 11.0. The number of fused-ring (bicyclic) bond motifs is 1. The summed E-state index contributed by atoms with van der Waals surface area (Å²) in [5.41, 5.74) is 0.626. The van der Waals surface area contributed by atoms with E-state index in [0.717, 1.165) is 17.4 Å². The van der Waals surface area contributed by atoms with Crippen LogP contribution in [0.1, 0.15) is 6.92 Å². The number of hydrogen-bond donors (Lipinski definition) is 3. The van der Waals surface area contributed by atoms with Crippen molar-refractivity contribution in [2.24, 2.45) is 0 Å². The lowest BCUT2D eigenvalue weighted by Crippen LogP contribution is -2.05. The fraction of sp³-hybridized carbons (Fsp3) is 0.0833. The number of aromatic hydroxyl groups is 1. The van der Waals surface area contributed by atoms with Crippen molar-refractivity contribution < 1.29 is 24.5 Å². The van der Waals surface area contributed by atoms with Gasteiger partial charge in [-0.2, -0.15) is 0 Å². The Morgan fingerprint density at radius 2 is 2.11 bits per heavy atom. The maximum Gasteiger partial charge on any atom is 0.221 e. The molecule has 2 aromatic rings. The molecule has 2 aromatic carbocycles. The Balaban J connectivity index is 2.41. The highest BCUT2D eigenvalue weighted by Gasteiger charge is 2.06. The highest BCUT2D eigenvalue weighted by Crippen LogP contribution is 2.33. The summed E-state index contributed by atoms with van der Waals surface area (Å²) in [6.45, 7) is 1.42. The predicted molar refractivity (Wildman–Crippen MR) is 70.6 cm³/mol. The molecule has 0 saturated heterocycles. The summed E-state index contributed by atoms with van der Waals surface area (Å²) < 4.78 is 4.31. The minimum Gasteiger partial charge on any atom is -0.507 e. The minimum absolute atomic E-state index is 0.0657. The normalized spacial score (nSPS) is 10.6. The third-order valence-corrected chi connectivity index (χ3v) is 2.94. The van der Waals surface area contributed by atoms with Gasteiger partial charge in [-0.25, -0.2) is 5.26 Å². The van der Waals surface area contributed by atoms with Crippen LogP contribution in [0.5, 0.6) is 5.75 Å². The Morgan fingerprint density at radius 3 is 2.79 bits per heavy atom. The van der Waals surface area contributed by atoms with Crippen molar-refractivity contribution in [3.63, 3.8) is 0 Å². The van der Waals surface area contributed by atoms with Crippen LogP contribution in [0.4, 0.5) is 5.69 Å². The number of hydrogen-bond acceptors (Lipinski definition) is 6. The van der Waals surface area contributed by atoms with Crippen LogP contribution in [0.25, 0.3) is 10.8 Å². The molecular formula is C12H11NO5S. The van der Waals surface area contributed by atoms with E-state index >= 15 is 0 Å². The molecule has 0 aliphatic heterocycles. The first-order chi connectivity index (χ1) is 9.10. The topological polar surface area (TPSA) is 88.0 Å². The third-order valence-electron chi connectivity index (χ3n) is 2.39. The van der Waals surface area contributed by atoms with E-state index in [1.807, 2.05) is 0 Å². The van der Waals surface area contributed by atoms with Crippen LogP contribution in [0.15, 0.2) is 35.2 Å². The molecule has 0 spiro atoms. The number of benzene rings is 2. The van der Waals surface area contributed by atoms with E-state index < -0.39 is 0 Å². The molecule has 3 N–H and O–H groups in total. The van der Waals surface area contributed by atoms with Crippen LogP contribution < -0.4 is 5.32 Å². The molecule has 0 aromatic heterocycles. The summed E-state index contributed by atoms with van der Waals surface area (Å²) in [6.07, 6.45) is 0. The SMILES string of the molecule is CC(=O)Nc1ccc2c(O)cc(SOOO)cc2c1. The van der Waals surface area contributed by atoms with E-state index in [2.05, 4.69) is 14.7 Å². The molecule has 0 bridgehead atoms. The van der Waals surface area contributed by atoms with Crippen LogP contribution in [0.2, 0.25) is 0 Å². The monoisotopic (exact) mass is 281 g/mol. The van der Waals surface area contributed by atoms with Crippen LogP contribution in [0.3, 0.4) is 0 Å². The predicted octanol–water partition coefficient (Wildman–Crippen LogP) is 2.93. The summed E-state index contributed by atoms with van der Waals surface area (Å²) in [5, 5.41) is 25.5. The van der Waals surface area contributed by atoms with Crippen LogP contribution in [0, 0.1) is 0 Å². The number of phenolic OH excluding ortho intramolecular Hbond substituents is 1. The van der Waals surface area contributed by atoms with Crippen molar-refractivity contribution in [2.75, 3.05) is 5.32 Å². The second-order valence-corrected chi connectivity index (χ2v) is 4.56. The molecular weight excluding hydrogens is 270 g/mol. The van der Waals surface area contributed by atoms with Crippen molar-refractivity contribution in [1.82, 2.24) is 0 Å². The average molecular weight is 281 g/mol. The van der Waals surface area contributed by atoms with Crippen LogP contribution in [-0.4, -0.2) is 16.3 Å². The van der Waals surface area contributed by atoms with Gasteiger partial charge in [-0.1, -0.05) is 5.04 Å². The van der Waals surface area contributed by atoms with Gasteiger partial charge in [0.2, 0.25) is 5.91 Å². The van der Waals surface area contributed by atoms with Crippen molar-refractivity contribution >= 4 is 34.4 Å². The third kappa shape index (κ3) is 3.36. The van der Waals surface area contributed by atoms with E-state index in [4.69, 9.17) is 5.26 Å². The van der Waals surface area contributed by atoms with E-state index in [0.29, 0.717) is 16.0 Å². The number of carbonyl (C=O) groups excluding carboxylic acids is 1. The maximum absolute atomic E-state index is 11.0. The number of phenols is 1. The van der Waals surface area contributed by atoms with E-state index in [1.54, 1.807) is 24.3 Å². The minimum atomic E-state index is -0.175. The molecule has 6 nitrogen and oxygen atoms in total. The largest absolute Gasteiger partial charge is 0.507 e. The second-order valence-electron chi connectivity index (χ2n) is 3.79. The summed E-state index contributed by atoms with van der Waals surface area (Å²) in [4.78, 5) is 11.5. The lowest BCUT2D eigenvalue weighted by atomic mass is 10.1. The Bertz CT molecular complexity index is 616. The first-order valence-corrected chi connectivity index (χ1v) is 6.03. The van der Waals surface area contributed by atoms with E-state index in [9.17, 15) is 9.90 Å². The highest BCUT2D eigenvalue weighted by molar-refractivity contribution is 7.94.